The molecule has 0 aliphatic rings. The Morgan fingerprint density at radius 1 is 0.386 bits per heavy atom. The molecule has 0 unspecified atom stereocenters. The largest absolute Gasteiger partial charge is 0.308 e. The molecule has 0 atom stereocenters. The van der Waals surface area contributed by atoms with Crippen LogP contribution in [-0.4, -0.2) is 11.7 Å². The Labute approximate surface area is 264 Å². The summed E-state index contributed by atoms with van der Waals surface area (Å²) >= 11 is 2.54. The van der Waals surface area contributed by atoms with Gasteiger partial charge in [0.05, 0.1) is 61.5 Å². The number of fused-ring (bicyclic) bond motifs is 10. The van der Waals surface area contributed by atoms with Gasteiger partial charge in [0.15, 0.2) is 0 Å². The molecule has 0 saturated carbocycles. The highest BCUT2D eigenvalue weighted by Gasteiger charge is 2.25. The summed E-state index contributed by atoms with van der Waals surface area (Å²) in [6.07, 6.45) is 0. The van der Waals surface area contributed by atoms with Crippen molar-refractivity contribution in [3.63, 3.8) is 0 Å². The van der Waals surface area contributed by atoms with Crippen LogP contribution in [0.15, 0.2) is 133 Å². The van der Waals surface area contributed by atoms with E-state index in [-0.39, 0.29) is 0 Å². The van der Waals surface area contributed by atoms with E-state index in [1.807, 2.05) is 0 Å². The van der Waals surface area contributed by atoms with Gasteiger partial charge in [0, 0.05) is 43.4 Å². The molecule has 0 N–H and O–H groups in total. The first-order valence-corrected chi connectivity index (χ1v) is 16.0. The van der Waals surface area contributed by atoms with Gasteiger partial charge in [0.25, 0.3) is 0 Å². The zero-order valence-electron chi connectivity index (χ0n) is 23.4. The Hall–Kier alpha value is -5.07. The van der Waals surface area contributed by atoms with E-state index < -0.39 is 0 Å². The van der Waals surface area contributed by atoms with Crippen LogP contribution in [-0.2, 0) is 0 Å². The maximum atomic E-state index is 2.57. The third-order valence-electron chi connectivity index (χ3n) is 9.81. The summed E-state index contributed by atoms with van der Waals surface area (Å²) < 4.78 is 7.44. The molecular weight excluding hydrogens is 649 g/mol. The first kappa shape index (κ1) is 23.4. The fraction of sp³-hybridized carbons (Fsp3) is 0. The molecule has 0 spiro atoms. The van der Waals surface area contributed by atoms with Gasteiger partial charge in [-0.2, -0.15) is 0 Å². The molecular formula is C40H22IN3. The van der Waals surface area contributed by atoms with E-state index in [0.29, 0.717) is 0 Å². The standard InChI is InChI=1S/C40H22IN3/c41-44-33-19-9-15-27-28-16-8-17-29-30-20-23-10-4-5-11-24(23)21-34(30)43(38(28)29)35-22-31-26-14-6-7-18-32(26)42(25-12-2-1-3-13-25)39(31)40(44)37(35)36(27)33/h1-22H. The van der Waals surface area contributed by atoms with Crippen LogP contribution in [0.1, 0.15) is 0 Å². The van der Waals surface area contributed by atoms with E-state index in [2.05, 4.69) is 168 Å². The van der Waals surface area contributed by atoms with Gasteiger partial charge in [-0.25, -0.2) is 0 Å². The highest BCUT2D eigenvalue weighted by molar-refractivity contribution is 14.1. The van der Waals surface area contributed by atoms with Crippen LogP contribution in [0.3, 0.4) is 0 Å². The van der Waals surface area contributed by atoms with Crippen LogP contribution in [0.2, 0.25) is 0 Å². The number of aromatic nitrogens is 3. The lowest BCUT2D eigenvalue weighted by Gasteiger charge is -2.10. The maximum Gasteiger partial charge on any atom is 0.0858 e. The summed E-state index contributed by atoms with van der Waals surface area (Å²) in [4.78, 5) is 0. The average molecular weight is 672 g/mol. The number of hydrogen-bond donors (Lipinski definition) is 0. The summed E-state index contributed by atoms with van der Waals surface area (Å²) in [5.74, 6) is 0. The van der Waals surface area contributed by atoms with Crippen LogP contribution in [0.4, 0.5) is 0 Å². The fourth-order valence-electron chi connectivity index (χ4n) is 8.08. The van der Waals surface area contributed by atoms with Gasteiger partial charge >= 0.3 is 0 Å². The summed E-state index contributed by atoms with van der Waals surface area (Å²) in [5.41, 5.74) is 9.93. The van der Waals surface area contributed by atoms with Crippen LogP contribution in [0, 0.1) is 0 Å². The molecule has 4 aromatic heterocycles. The van der Waals surface area contributed by atoms with Crippen molar-refractivity contribution < 1.29 is 0 Å². The van der Waals surface area contributed by atoms with E-state index in [1.54, 1.807) is 0 Å². The highest BCUT2D eigenvalue weighted by Crippen LogP contribution is 2.48. The predicted molar refractivity (Wildman–Crippen MR) is 195 cm³/mol. The van der Waals surface area contributed by atoms with Crippen LogP contribution in [0.5, 0.6) is 0 Å². The summed E-state index contributed by atoms with van der Waals surface area (Å²) in [5, 5.41) is 12.9. The van der Waals surface area contributed by atoms with Crippen LogP contribution >= 0.6 is 22.9 Å². The molecule has 0 aliphatic carbocycles. The third-order valence-corrected chi connectivity index (χ3v) is 10.8. The second-order valence-electron chi connectivity index (χ2n) is 11.9. The molecule has 44 heavy (non-hydrogen) atoms. The second-order valence-corrected chi connectivity index (χ2v) is 12.9. The topological polar surface area (TPSA) is 14.3 Å². The van der Waals surface area contributed by atoms with Crippen molar-refractivity contribution in [2.24, 2.45) is 0 Å². The Morgan fingerprint density at radius 2 is 1.05 bits per heavy atom. The van der Waals surface area contributed by atoms with Crippen LogP contribution < -0.4 is 0 Å². The van der Waals surface area contributed by atoms with E-state index >= 15 is 0 Å². The fourth-order valence-corrected chi connectivity index (χ4v) is 8.95. The van der Waals surface area contributed by atoms with Crippen molar-refractivity contribution in [3.05, 3.63) is 133 Å². The molecule has 11 rings (SSSR count). The number of hydrogen-bond acceptors (Lipinski definition) is 0. The maximum absolute atomic E-state index is 2.57. The molecule has 204 valence electrons. The van der Waals surface area contributed by atoms with E-state index in [4.69, 9.17) is 0 Å². The van der Waals surface area contributed by atoms with Gasteiger partial charge in [-0.05, 0) is 58.6 Å². The summed E-state index contributed by atoms with van der Waals surface area (Å²) in [6, 6.07) is 49.3. The number of halogens is 1. The average Bonchev–Trinajstić information content (AvgIpc) is 3.66. The van der Waals surface area contributed by atoms with Crippen molar-refractivity contribution in [1.82, 2.24) is 11.7 Å². The molecule has 3 nitrogen and oxygen atoms in total. The number of para-hydroxylation sites is 3. The highest BCUT2D eigenvalue weighted by atomic mass is 127. The van der Waals surface area contributed by atoms with E-state index in [1.165, 1.54) is 98.2 Å². The van der Waals surface area contributed by atoms with E-state index in [9.17, 15) is 0 Å². The van der Waals surface area contributed by atoms with Crippen LogP contribution in [0.25, 0.3) is 98.2 Å². The zero-order chi connectivity index (χ0) is 28.7. The van der Waals surface area contributed by atoms with E-state index in [0.717, 1.165) is 0 Å². The molecule has 0 aliphatic heterocycles. The smallest absolute Gasteiger partial charge is 0.0858 e. The molecule has 0 fully saturated rings. The number of benzene rings is 7. The summed E-state index contributed by atoms with van der Waals surface area (Å²) in [6.45, 7) is 0. The van der Waals surface area contributed by atoms with Crippen molar-refractivity contribution >= 4 is 115 Å². The quantitative estimate of drug-likeness (QED) is 0.154. The lowest BCUT2D eigenvalue weighted by atomic mass is 10.0. The predicted octanol–water partition coefficient (Wildman–Crippen LogP) is 11.4. The minimum absolute atomic E-state index is 1.17. The minimum atomic E-state index is 1.17. The number of rotatable bonds is 1. The molecule has 0 saturated heterocycles. The van der Waals surface area contributed by atoms with Crippen molar-refractivity contribution in [1.29, 1.82) is 0 Å². The monoisotopic (exact) mass is 671 g/mol. The normalized spacial score (nSPS) is 12.7. The Morgan fingerprint density at radius 3 is 1.91 bits per heavy atom. The molecule has 11 aromatic rings. The SMILES string of the molecule is In1c2cccc3c4cccc5c6cc7ccccc7cc6n(c6cc7c8ccccc8n(-c8ccccc8)c7c1c6c32)c45. The van der Waals surface area contributed by atoms with Crippen molar-refractivity contribution in [2.75, 3.05) is 0 Å². The second kappa shape index (κ2) is 8.10. The van der Waals surface area contributed by atoms with Crippen molar-refractivity contribution in [2.45, 2.75) is 0 Å². The lowest BCUT2D eigenvalue weighted by Crippen LogP contribution is -1.95. The lowest BCUT2D eigenvalue weighted by molar-refractivity contribution is 1.18. The molecule has 4 heteroatoms. The van der Waals surface area contributed by atoms with Gasteiger partial charge in [0.1, 0.15) is 0 Å². The Bertz CT molecular complexity index is 2990. The first-order chi connectivity index (χ1) is 21.8. The summed E-state index contributed by atoms with van der Waals surface area (Å²) in [7, 11) is 0. The molecule has 4 heterocycles. The molecule has 7 aromatic carbocycles. The third kappa shape index (κ3) is 2.70. The Balaban J connectivity index is 1.54. The van der Waals surface area contributed by atoms with Gasteiger partial charge in [-0.15, -0.1) is 0 Å². The zero-order valence-corrected chi connectivity index (χ0v) is 25.6. The molecule has 0 bridgehead atoms. The van der Waals surface area contributed by atoms with Gasteiger partial charge in [0.2, 0.25) is 0 Å². The number of nitrogens with zero attached hydrogens (tertiary/aromatic N) is 3. The minimum Gasteiger partial charge on any atom is -0.308 e. The molecule has 0 radical (unpaired) electrons. The van der Waals surface area contributed by atoms with Gasteiger partial charge < -0.3 is 8.97 Å². The van der Waals surface area contributed by atoms with Gasteiger partial charge in [-0.3, -0.25) is 2.78 Å². The first-order valence-electron chi connectivity index (χ1n) is 15.0. The molecule has 0 amide bonds. The van der Waals surface area contributed by atoms with Crippen molar-refractivity contribution in [3.8, 4) is 5.69 Å². The van der Waals surface area contributed by atoms with Gasteiger partial charge in [-0.1, -0.05) is 91.0 Å². The Kier molecular flexibility index (Phi) is 4.30.